The van der Waals surface area contributed by atoms with Gasteiger partial charge in [-0.1, -0.05) is 6.07 Å². The standard InChI is InChI=1S/C22H24N4O4/c27-21(23-15-5-6-16-17(12-15)25-22(28)24-16)13-26-8-1-3-18(26)14-4-7-19-20(11-14)30-10-2-9-29-19/h4-7,11-12,18H,1-3,8-10,13H2,(H,23,27)(H2,24,25,28)/t18-/m1/s1. The van der Waals surface area contributed by atoms with Crippen molar-refractivity contribution in [3.63, 3.8) is 0 Å². The van der Waals surface area contributed by atoms with Crippen LogP contribution in [-0.4, -0.2) is 47.1 Å². The highest BCUT2D eigenvalue weighted by molar-refractivity contribution is 5.94. The minimum Gasteiger partial charge on any atom is -0.490 e. The minimum atomic E-state index is -0.261. The third kappa shape index (κ3) is 3.78. The van der Waals surface area contributed by atoms with Crippen LogP contribution in [-0.2, 0) is 4.79 Å². The van der Waals surface area contributed by atoms with Crippen LogP contribution in [0, 0.1) is 0 Å². The molecule has 2 aliphatic heterocycles. The highest BCUT2D eigenvalue weighted by Gasteiger charge is 2.28. The highest BCUT2D eigenvalue weighted by atomic mass is 16.5. The number of H-pyrrole nitrogens is 2. The number of rotatable bonds is 4. The van der Waals surface area contributed by atoms with Crippen molar-refractivity contribution in [2.45, 2.75) is 25.3 Å². The van der Waals surface area contributed by atoms with Crippen molar-refractivity contribution in [1.29, 1.82) is 0 Å². The van der Waals surface area contributed by atoms with Crippen LogP contribution in [0.2, 0.25) is 0 Å². The zero-order valence-electron chi connectivity index (χ0n) is 16.6. The van der Waals surface area contributed by atoms with E-state index in [1.165, 1.54) is 0 Å². The Morgan fingerprint density at radius 3 is 2.77 bits per heavy atom. The normalized spacial score (nSPS) is 19.0. The summed E-state index contributed by atoms with van der Waals surface area (Å²) in [6.07, 6.45) is 2.93. The van der Waals surface area contributed by atoms with E-state index in [4.69, 9.17) is 9.47 Å². The molecule has 8 heteroatoms. The lowest BCUT2D eigenvalue weighted by Crippen LogP contribution is -2.32. The number of fused-ring (bicyclic) bond motifs is 2. The first-order valence-electron chi connectivity index (χ1n) is 10.3. The van der Waals surface area contributed by atoms with Crippen molar-refractivity contribution in [2.75, 3.05) is 31.6 Å². The smallest absolute Gasteiger partial charge is 0.323 e. The molecule has 30 heavy (non-hydrogen) atoms. The molecule has 2 aliphatic rings. The Morgan fingerprint density at radius 2 is 1.87 bits per heavy atom. The molecule has 0 unspecified atom stereocenters. The number of aromatic nitrogens is 2. The summed E-state index contributed by atoms with van der Waals surface area (Å²) in [5.41, 5.74) is 2.93. The van der Waals surface area contributed by atoms with Gasteiger partial charge in [0.2, 0.25) is 5.91 Å². The number of carbonyl (C=O) groups excluding carboxylic acids is 1. The van der Waals surface area contributed by atoms with Gasteiger partial charge in [-0.25, -0.2) is 4.79 Å². The first-order chi connectivity index (χ1) is 14.7. The fraction of sp³-hybridized carbons (Fsp3) is 0.364. The molecule has 0 aliphatic carbocycles. The third-order valence-electron chi connectivity index (χ3n) is 5.67. The van der Waals surface area contributed by atoms with Gasteiger partial charge >= 0.3 is 5.69 Å². The van der Waals surface area contributed by atoms with Gasteiger partial charge in [0.1, 0.15) is 0 Å². The molecule has 3 aromatic rings. The number of ether oxygens (including phenoxy) is 2. The Kier molecular flexibility index (Phi) is 4.92. The molecule has 156 valence electrons. The number of amides is 1. The zero-order chi connectivity index (χ0) is 20.5. The van der Waals surface area contributed by atoms with Crippen LogP contribution in [0.4, 0.5) is 5.69 Å². The molecular weight excluding hydrogens is 384 g/mol. The molecule has 1 saturated heterocycles. The van der Waals surface area contributed by atoms with Crippen LogP contribution in [0.25, 0.3) is 11.0 Å². The summed E-state index contributed by atoms with van der Waals surface area (Å²) < 4.78 is 11.6. The van der Waals surface area contributed by atoms with E-state index in [1.807, 2.05) is 6.07 Å². The molecule has 0 bridgehead atoms. The quantitative estimate of drug-likeness (QED) is 0.617. The number of nitrogens with one attached hydrogen (secondary N) is 3. The lowest BCUT2D eigenvalue weighted by Gasteiger charge is -2.25. The average molecular weight is 408 g/mol. The predicted molar refractivity (Wildman–Crippen MR) is 113 cm³/mol. The Hall–Kier alpha value is -3.26. The van der Waals surface area contributed by atoms with E-state index in [0.717, 1.165) is 42.9 Å². The number of carbonyl (C=O) groups is 1. The van der Waals surface area contributed by atoms with Crippen molar-refractivity contribution >= 4 is 22.6 Å². The second kappa shape index (κ2) is 7.87. The SMILES string of the molecule is O=C(CN1CCC[C@@H]1c1ccc2c(c1)OCCCO2)Nc1ccc2[nH]c(=O)[nH]c2c1. The predicted octanol–water partition coefficient (Wildman–Crippen LogP) is 2.79. The van der Waals surface area contributed by atoms with Gasteiger partial charge in [-0.3, -0.25) is 9.69 Å². The largest absolute Gasteiger partial charge is 0.490 e. The summed E-state index contributed by atoms with van der Waals surface area (Å²) in [4.78, 5) is 31.7. The number of nitrogens with zero attached hydrogens (tertiary/aromatic N) is 1. The molecule has 0 saturated carbocycles. The number of hydrogen-bond acceptors (Lipinski definition) is 5. The summed E-state index contributed by atoms with van der Waals surface area (Å²) in [7, 11) is 0. The fourth-order valence-electron chi connectivity index (χ4n) is 4.28. The van der Waals surface area contributed by atoms with E-state index in [0.29, 0.717) is 36.5 Å². The monoisotopic (exact) mass is 408 g/mol. The van der Waals surface area contributed by atoms with Crippen LogP contribution in [0.1, 0.15) is 30.9 Å². The molecule has 5 rings (SSSR count). The number of imidazole rings is 1. The van der Waals surface area contributed by atoms with Crippen molar-refractivity contribution < 1.29 is 14.3 Å². The van der Waals surface area contributed by atoms with Crippen molar-refractivity contribution in [3.8, 4) is 11.5 Å². The topological polar surface area (TPSA) is 99.4 Å². The van der Waals surface area contributed by atoms with Gasteiger partial charge in [-0.05, 0) is 55.3 Å². The molecule has 2 aromatic carbocycles. The van der Waals surface area contributed by atoms with Crippen LogP contribution >= 0.6 is 0 Å². The van der Waals surface area contributed by atoms with Crippen molar-refractivity contribution in [3.05, 3.63) is 52.4 Å². The van der Waals surface area contributed by atoms with Crippen LogP contribution < -0.4 is 20.5 Å². The van der Waals surface area contributed by atoms with Crippen molar-refractivity contribution in [2.24, 2.45) is 0 Å². The maximum atomic E-state index is 12.7. The van der Waals surface area contributed by atoms with Crippen LogP contribution in [0.3, 0.4) is 0 Å². The Morgan fingerprint density at radius 1 is 1.03 bits per heavy atom. The van der Waals surface area contributed by atoms with E-state index in [1.54, 1.807) is 18.2 Å². The Labute approximate surface area is 173 Å². The molecule has 0 spiro atoms. The molecule has 1 fully saturated rings. The van der Waals surface area contributed by atoms with Gasteiger partial charge in [-0.15, -0.1) is 0 Å². The van der Waals surface area contributed by atoms with Gasteiger partial charge < -0.3 is 24.8 Å². The van der Waals surface area contributed by atoms with Gasteiger partial charge in [-0.2, -0.15) is 0 Å². The fourth-order valence-corrected chi connectivity index (χ4v) is 4.28. The zero-order valence-corrected chi connectivity index (χ0v) is 16.6. The van der Waals surface area contributed by atoms with E-state index < -0.39 is 0 Å². The van der Waals surface area contributed by atoms with E-state index >= 15 is 0 Å². The summed E-state index contributed by atoms with van der Waals surface area (Å²) in [5, 5.41) is 2.94. The maximum Gasteiger partial charge on any atom is 0.323 e. The molecule has 3 N–H and O–H groups in total. The van der Waals surface area contributed by atoms with Crippen LogP contribution in [0.5, 0.6) is 11.5 Å². The summed E-state index contributed by atoms with van der Waals surface area (Å²) in [5.74, 6) is 1.50. The number of likely N-dealkylation sites (tertiary alicyclic amines) is 1. The van der Waals surface area contributed by atoms with Gasteiger partial charge in [0, 0.05) is 18.2 Å². The average Bonchev–Trinajstić information content (AvgIpc) is 3.25. The lowest BCUT2D eigenvalue weighted by molar-refractivity contribution is -0.117. The van der Waals surface area contributed by atoms with Crippen molar-refractivity contribution in [1.82, 2.24) is 14.9 Å². The first-order valence-corrected chi connectivity index (χ1v) is 10.3. The molecule has 1 atom stereocenters. The number of benzene rings is 2. The molecule has 1 aromatic heterocycles. The maximum absolute atomic E-state index is 12.7. The number of aromatic amines is 2. The summed E-state index contributed by atoms with van der Waals surface area (Å²) in [6.45, 7) is 2.51. The Balaban J connectivity index is 1.28. The lowest BCUT2D eigenvalue weighted by atomic mass is 10.0. The number of anilines is 1. The van der Waals surface area contributed by atoms with Gasteiger partial charge in [0.05, 0.1) is 30.8 Å². The van der Waals surface area contributed by atoms with Gasteiger partial charge in [0.15, 0.2) is 11.5 Å². The molecule has 8 nitrogen and oxygen atoms in total. The van der Waals surface area contributed by atoms with Crippen LogP contribution in [0.15, 0.2) is 41.2 Å². The molecule has 1 amide bonds. The van der Waals surface area contributed by atoms with E-state index in [2.05, 4.69) is 32.3 Å². The molecule has 3 heterocycles. The third-order valence-corrected chi connectivity index (χ3v) is 5.67. The number of hydrogen-bond donors (Lipinski definition) is 3. The van der Waals surface area contributed by atoms with Gasteiger partial charge in [0.25, 0.3) is 0 Å². The first kappa shape index (κ1) is 18.7. The summed E-state index contributed by atoms with van der Waals surface area (Å²) >= 11 is 0. The highest BCUT2D eigenvalue weighted by Crippen LogP contribution is 2.37. The Bertz CT molecular complexity index is 1140. The molecule has 0 radical (unpaired) electrons. The minimum absolute atomic E-state index is 0.0755. The second-order valence-corrected chi connectivity index (χ2v) is 7.77. The summed E-state index contributed by atoms with van der Waals surface area (Å²) in [6, 6.07) is 11.6. The van der Waals surface area contributed by atoms with E-state index in [9.17, 15) is 9.59 Å². The second-order valence-electron chi connectivity index (χ2n) is 7.77. The molecular formula is C22H24N4O4. The van der Waals surface area contributed by atoms with E-state index in [-0.39, 0.29) is 17.6 Å².